The largest absolute Gasteiger partial charge is 0.444 e. The Balaban J connectivity index is 1.31. The molecule has 2 heterocycles. The number of amides is 4. The summed E-state index contributed by atoms with van der Waals surface area (Å²) in [5.74, 6) is -0.264. The zero-order valence-corrected chi connectivity index (χ0v) is 21.0. The third-order valence-corrected chi connectivity index (χ3v) is 7.50. The third-order valence-electron chi connectivity index (χ3n) is 7.18. The van der Waals surface area contributed by atoms with Gasteiger partial charge in [0, 0.05) is 37.8 Å². The molecule has 34 heavy (non-hydrogen) atoms. The van der Waals surface area contributed by atoms with Crippen molar-refractivity contribution in [3.63, 3.8) is 0 Å². The molecule has 2 aliphatic heterocycles. The number of hydrogen-bond acceptors (Lipinski definition) is 5. The van der Waals surface area contributed by atoms with Crippen LogP contribution in [0.3, 0.4) is 0 Å². The molecule has 0 unspecified atom stereocenters. The number of imide groups is 1. The van der Waals surface area contributed by atoms with E-state index in [1.54, 1.807) is 6.07 Å². The topological polar surface area (TPSA) is 91.0 Å². The smallest absolute Gasteiger partial charge is 0.410 e. The van der Waals surface area contributed by atoms with E-state index in [0.717, 1.165) is 57.3 Å². The minimum absolute atomic E-state index is 0.206. The second kappa shape index (κ2) is 9.64. The molecule has 1 aliphatic carbocycles. The summed E-state index contributed by atoms with van der Waals surface area (Å²) in [7, 11) is 0. The summed E-state index contributed by atoms with van der Waals surface area (Å²) in [4.78, 5) is 39.5. The fourth-order valence-electron chi connectivity index (χ4n) is 5.20. The highest BCUT2D eigenvalue weighted by Gasteiger charge is 2.39. The Morgan fingerprint density at radius 2 is 1.79 bits per heavy atom. The number of nitrogens with zero attached hydrogens (tertiary/aromatic N) is 2. The second-order valence-electron chi connectivity index (χ2n) is 10.8. The third kappa shape index (κ3) is 5.77. The molecule has 0 atom stereocenters. The predicted octanol–water partition coefficient (Wildman–Crippen LogP) is 5.16. The van der Waals surface area contributed by atoms with E-state index in [9.17, 15) is 14.4 Å². The van der Waals surface area contributed by atoms with E-state index in [1.807, 2.05) is 37.8 Å². The average molecular weight is 491 g/mol. The van der Waals surface area contributed by atoms with E-state index in [-0.39, 0.29) is 18.4 Å². The van der Waals surface area contributed by atoms with E-state index in [4.69, 9.17) is 16.3 Å². The maximum absolute atomic E-state index is 12.4. The number of urea groups is 1. The number of likely N-dealkylation sites (tertiary alicyclic amines) is 1. The quantitative estimate of drug-likeness (QED) is 0.610. The molecule has 0 aromatic heterocycles. The van der Waals surface area contributed by atoms with Crippen LogP contribution in [0, 0.1) is 5.41 Å². The predicted molar refractivity (Wildman–Crippen MR) is 132 cm³/mol. The summed E-state index contributed by atoms with van der Waals surface area (Å²) in [6.07, 6.45) is 6.47. The lowest BCUT2D eigenvalue weighted by molar-refractivity contribution is -0.120. The van der Waals surface area contributed by atoms with Crippen LogP contribution in [-0.2, 0) is 9.53 Å². The van der Waals surface area contributed by atoms with E-state index in [1.165, 1.54) is 4.90 Å². The van der Waals surface area contributed by atoms with Crippen molar-refractivity contribution in [1.82, 2.24) is 10.2 Å². The van der Waals surface area contributed by atoms with Gasteiger partial charge in [-0.15, -0.1) is 0 Å². The van der Waals surface area contributed by atoms with Crippen molar-refractivity contribution in [2.75, 3.05) is 29.9 Å². The number of hydrogen-bond donors (Lipinski definition) is 2. The SMILES string of the molecule is CC(C)(C)OC(=O)N1CCC2(CCC(Nc3ccc(Cl)c(N4CCC(=O)NC4=O)c3)CC2)CC1. The molecule has 1 aromatic carbocycles. The number of ether oxygens (including phenoxy) is 1. The maximum Gasteiger partial charge on any atom is 0.410 e. The molecule has 1 aromatic rings. The van der Waals surface area contributed by atoms with Gasteiger partial charge in [-0.05, 0) is 82.9 Å². The molecule has 186 valence electrons. The van der Waals surface area contributed by atoms with Crippen molar-refractivity contribution in [3.05, 3.63) is 23.2 Å². The maximum atomic E-state index is 12.4. The molecule has 8 nitrogen and oxygen atoms in total. The molecule has 0 bridgehead atoms. The highest BCUT2D eigenvalue weighted by atomic mass is 35.5. The lowest BCUT2D eigenvalue weighted by Crippen LogP contribution is -2.49. The summed E-state index contributed by atoms with van der Waals surface area (Å²) in [5.41, 5.74) is 1.37. The van der Waals surface area contributed by atoms with Crippen molar-refractivity contribution in [2.24, 2.45) is 5.41 Å². The fourth-order valence-corrected chi connectivity index (χ4v) is 5.42. The van der Waals surface area contributed by atoms with E-state index in [0.29, 0.717) is 28.7 Å². The van der Waals surface area contributed by atoms with Crippen molar-refractivity contribution in [1.29, 1.82) is 0 Å². The summed E-state index contributed by atoms with van der Waals surface area (Å²) in [6.45, 7) is 7.53. The van der Waals surface area contributed by atoms with E-state index < -0.39 is 11.6 Å². The molecule has 3 aliphatic rings. The Bertz CT molecular complexity index is 943. The van der Waals surface area contributed by atoms with Crippen molar-refractivity contribution in [3.8, 4) is 0 Å². The van der Waals surface area contributed by atoms with Gasteiger partial charge >= 0.3 is 12.1 Å². The normalized spacial score (nSPS) is 21.4. The minimum atomic E-state index is -0.466. The fraction of sp³-hybridized carbons (Fsp3) is 0.640. The van der Waals surface area contributed by atoms with Crippen LogP contribution < -0.4 is 15.5 Å². The lowest BCUT2D eigenvalue weighted by Gasteiger charge is -2.46. The Labute approximate surface area is 206 Å². The summed E-state index contributed by atoms with van der Waals surface area (Å²) in [6, 6.07) is 5.52. The molecule has 9 heteroatoms. The number of halogens is 1. The Morgan fingerprint density at radius 1 is 1.12 bits per heavy atom. The van der Waals surface area contributed by atoms with Gasteiger partial charge in [0.05, 0.1) is 10.7 Å². The molecule has 1 saturated carbocycles. The molecule has 0 radical (unpaired) electrons. The van der Waals surface area contributed by atoms with Crippen LogP contribution in [0.2, 0.25) is 5.02 Å². The number of benzene rings is 1. The number of piperidine rings is 1. The summed E-state index contributed by atoms with van der Waals surface area (Å²) >= 11 is 6.37. The van der Waals surface area contributed by atoms with E-state index in [2.05, 4.69) is 10.6 Å². The van der Waals surface area contributed by atoms with Crippen LogP contribution in [0.25, 0.3) is 0 Å². The molecular formula is C25H35ClN4O4. The molecule has 4 rings (SSSR count). The summed E-state index contributed by atoms with van der Waals surface area (Å²) in [5, 5.41) is 6.44. The van der Waals surface area contributed by atoms with Crippen LogP contribution in [-0.4, -0.2) is 54.2 Å². The van der Waals surface area contributed by atoms with Gasteiger partial charge in [-0.1, -0.05) is 11.6 Å². The number of carbonyl (C=O) groups excluding carboxylic acids is 3. The van der Waals surface area contributed by atoms with Gasteiger partial charge in [0.25, 0.3) is 0 Å². The van der Waals surface area contributed by atoms with Gasteiger partial charge in [-0.2, -0.15) is 0 Å². The van der Waals surface area contributed by atoms with Gasteiger partial charge < -0.3 is 15.0 Å². The molecule has 1 spiro atoms. The Hall–Kier alpha value is -2.48. The van der Waals surface area contributed by atoms with Gasteiger partial charge in [-0.25, -0.2) is 9.59 Å². The summed E-state index contributed by atoms with van der Waals surface area (Å²) < 4.78 is 5.53. The highest BCUT2D eigenvalue weighted by molar-refractivity contribution is 6.34. The molecule has 3 fully saturated rings. The van der Waals surface area contributed by atoms with Crippen LogP contribution in [0.1, 0.15) is 65.7 Å². The monoisotopic (exact) mass is 490 g/mol. The molecule has 4 amide bonds. The minimum Gasteiger partial charge on any atom is -0.444 e. The van der Waals surface area contributed by atoms with Crippen LogP contribution in [0.4, 0.5) is 21.0 Å². The zero-order valence-electron chi connectivity index (χ0n) is 20.3. The molecule has 2 N–H and O–H groups in total. The van der Waals surface area contributed by atoms with Gasteiger partial charge in [0.15, 0.2) is 0 Å². The van der Waals surface area contributed by atoms with Crippen LogP contribution in [0.5, 0.6) is 0 Å². The van der Waals surface area contributed by atoms with Crippen molar-refractivity contribution in [2.45, 2.75) is 77.4 Å². The Morgan fingerprint density at radius 3 is 2.41 bits per heavy atom. The molecule has 2 saturated heterocycles. The van der Waals surface area contributed by atoms with Crippen LogP contribution >= 0.6 is 11.6 Å². The highest BCUT2D eigenvalue weighted by Crippen LogP contribution is 2.45. The van der Waals surface area contributed by atoms with Gasteiger partial charge in [-0.3, -0.25) is 15.0 Å². The molecular weight excluding hydrogens is 456 g/mol. The zero-order chi connectivity index (χ0) is 24.5. The number of nitrogens with one attached hydrogen (secondary N) is 2. The number of anilines is 2. The van der Waals surface area contributed by atoms with Gasteiger partial charge in [0.2, 0.25) is 5.91 Å². The van der Waals surface area contributed by atoms with Crippen LogP contribution in [0.15, 0.2) is 18.2 Å². The second-order valence-corrected chi connectivity index (χ2v) is 11.2. The number of rotatable bonds is 3. The Kier molecular flexibility index (Phi) is 6.99. The lowest BCUT2D eigenvalue weighted by atomic mass is 9.67. The first kappa shape index (κ1) is 24.6. The first-order valence-corrected chi connectivity index (χ1v) is 12.6. The van der Waals surface area contributed by atoms with Crippen molar-refractivity contribution >= 4 is 41.0 Å². The standard InChI is InChI=1S/C25H35ClN4O4/c1-24(2,3)34-23(33)29-14-11-25(12-15-29)9-6-17(7-10-25)27-18-4-5-19(26)20(16-18)30-13-8-21(31)28-22(30)32/h4-5,16-17,27H,6-15H2,1-3H3,(H,28,31,32). The first-order valence-electron chi connectivity index (χ1n) is 12.2. The van der Waals surface area contributed by atoms with E-state index >= 15 is 0 Å². The average Bonchev–Trinajstić information content (AvgIpc) is 2.76. The first-order chi connectivity index (χ1) is 16.0. The number of carbonyl (C=O) groups is 3. The van der Waals surface area contributed by atoms with Gasteiger partial charge in [0.1, 0.15) is 5.60 Å². The van der Waals surface area contributed by atoms with Crippen molar-refractivity contribution < 1.29 is 19.1 Å².